The molecule has 1 atom stereocenters. The molecule has 0 amide bonds. The van der Waals surface area contributed by atoms with E-state index in [1.807, 2.05) is 42.6 Å². The highest BCUT2D eigenvalue weighted by Gasteiger charge is 2.06. The molecule has 2 rings (SSSR count). The van der Waals surface area contributed by atoms with Crippen LogP contribution < -0.4 is 10.1 Å². The van der Waals surface area contributed by atoms with Crippen LogP contribution in [0.4, 0.5) is 0 Å². The highest BCUT2D eigenvalue weighted by molar-refractivity contribution is 5.33. The fourth-order valence-corrected chi connectivity index (χ4v) is 2.07. The van der Waals surface area contributed by atoms with Crippen LogP contribution in [0.25, 0.3) is 0 Å². The summed E-state index contributed by atoms with van der Waals surface area (Å²) in [6, 6.07) is 14.4. The van der Waals surface area contributed by atoms with Gasteiger partial charge >= 0.3 is 0 Å². The van der Waals surface area contributed by atoms with Crippen molar-refractivity contribution in [2.24, 2.45) is 0 Å². The van der Waals surface area contributed by atoms with Crippen molar-refractivity contribution < 1.29 is 4.74 Å². The van der Waals surface area contributed by atoms with Crippen LogP contribution in [0.2, 0.25) is 0 Å². The summed E-state index contributed by atoms with van der Waals surface area (Å²) in [6.07, 6.45) is 2.77. The Kier molecular flexibility index (Phi) is 4.93. The van der Waals surface area contributed by atoms with Crippen molar-refractivity contribution >= 4 is 0 Å². The maximum absolute atomic E-state index is 5.35. The van der Waals surface area contributed by atoms with Gasteiger partial charge in [0.15, 0.2) is 0 Å². The van der Waals surface area contributed by atoms with Crippen molar-refractivity contribution in [2.45, 2.75) is 19.4 Å². The standard InChI is InChI=1S/C16H20N2O/c1-13(15-8-5-6-11-18-15)17-12-10-14-7-3-4-9-16(14)19-2/h3-9,11,13,17H,10,12H2,1-2H3. The van der Waals surface area contributed by atoms with Crippen LogP contribution in [0.3, 0.4) is 0 Å². The Labute approximate surface area is 114 Å². The number of hydrogen-bond acceptors (Lipinski definition) is 3. The third-order valence-electron chi connectivity index (χ3n) is 3.17. The number of hydrogen-bond donors (Lipinski definition) is 1. The minimum absolute atomic E-state index is 0.260. The fourth-order valence-electron chi connectivity index (χ4n) is 2.07. The number of pyridine rings is 1. The van der Waals surface area contributed by atoms with Gasteiger partial charge in [-0.3, -0.25) is 4.98 Å². The van der Waals surface area contributed by atoms with Gasteiger partial charge in [0, 0.05) is 12.2 Å². The summed E-state index contributed by atoms with van der Waals surface area (Å²) in [6.45, 7) is 3.03. The molecule has 0 radical (unpaired) electrons. The first-order chi connectivity index (χ1) is 9.31. The maximum Gasteiger partial charge on any atom is 0.122 e. The minimum Gasteiger partial charge on any atom is -0.496 e. The summed E-state index contributed by atoms with van der Waals surface area (Å²) in [5, 5.41) is 3.48. The summed E-state index contributed by atoms with van der Waals surface area (Å²) in [5.74, 6) is 0.954. The molecule has 0 fully saturated rings. The Hall–Kier alpha value is -1.87. The van der Waals surface area contributed by atoms with E-state index in [0.717, 1.165) is 24.4 Å². The number of methoxy groups -OCH3 is 1. The van der Waals surface area contributed by atoms with Crippen LogP contribution in [-0.4, -0.2) is 18.6 Å². The third kappa shape index (κ3) is 3.80. The van der Waals surface area contributed by atoms with E-state index >= 15 is 0 Å². The van der Waals surface area contributed by atoms with E-state index in [1.165, 1.54) is 5.56 Å². The van der Waals surface area contributed by atoms with Gasteiger partial charge in [-0.15, -0.1) is 0 Å². The fraction of sp³-hybridized carbons (Fsp3) is 0.312. The number of nitrogens with one attached hydrogen (secondary N) is 1. The van der Waals surface area contributed by atoms with E-state index < -0.39 is 0 Å². The number of nitrogens with zero attached hydrogens (tertiary/aromatic N) is 1. The lowest BCUT2D eigenvalue weighted by Gasteiger charge is -2.14. The first-order valence-corrected chi connectivity index (χ1v) is 6.57. The Morgan fingerprint density at radius 2 is 1.95 bits per heavy atom. The van der Waals surface area contributed by atoms with Crippen LogP contribution in [-0.2, 0) is 6.42 Å². The quantitative estimate of drug-likeness (QED) is 0.862. The summed E-state index contributed by atoms with van der Waals surface area (Å²) in [5.41, 5.74) is 2.30. The zero-order chi connectivity index (χ0) is 13.5. The average Bonchev–Trinajstić information content (AvgIpc) is 2.48. The molecule has 2 aromatic rings. The van der Waals surface area contributed by atoms with E-state index in [-0.39, 0.29) is 6.04 Å². The average molecular weight is 256 g/mol. The van der Waals surface area contributed by atoms with Gasteiger partial charge in [-0.25, -0.2) is 0 Å². The molecule has 1 unspecified atom stereocenters. The highest BCUT2D eigenvalue weighted by Crippen LogP contribution is 2.17. The Morgan fingerprint density at radius 1 is 1.16 bits per heavy atom. The molecule has 1 N–H and O–H groups in total. The van der Waals surface area contributed by atoms with Crippen LogP contribution in [0.1, 0.15) is 24.2 Å². The maximum atomic E-state index is 5.35. The monoisotopic (exact) mass is 256 g/mol. The molecule has 0 aliphatic carbocycles. The zero-order valence-electron chi connectivity index (χ0n) is 11.5. The van der Waals surface area contributed by atoms with Crippen molar-refractivity contribution in [3.05, 3.63) is 59.9 Å². The summed E-state index contributed by atoms with van der Waals surface area (Å²) in [4.78, 5) is 4.35. The predicted octanol–water partition coefficient (Wildman–Crippen LogP) is 2.98. The van der Waals surface area contributed by atoms with Crippen molar-refractivity contribution in [3.8, 4) is 5.75 Å². The predicted molar refractivity (Wildman–Crippen MR) is 77.4 cm³/mol. The van der Waals surface area contributed by atoms with E-state index in [0.29, 0.717) is 0 Å². The van der Waals surface area contributed by atoms with Crippen molar-refractivity contribution in [3.63, 3.8) is 0 Å². The van der Waals surface area contributed by atoms with E-state index in [2.05, 4.69) is 23.3 Å². The molecule has 1 aromatic heterocycles. The summed E-state index contributed by atoms with van der Waals surface area (Å²) >= 11 is 0. The van der Waals surface area contributed by atoms with Gasteiger partial charge in [0.2, 0.25) is 0 Å². The SMILES string of the molecule is COc1ccccc1CCNC(C)c1ccccn1. The first-order valence-electron chi connectivity index (χ1n) is 6.57. The van der Waals surface area contributed by atoms with Gasteiger partial charge in [0.05, 0.1) is 12.8 Å². The second-order valence-electron chi connectivity index (χ2n) is 4.49. The molecule has 19 heavy (non-hydrogen) atoms. The molecular formula is C16H20N2O. The van der Waals surface area contributed by atoms with Crippen LogP contribution in [0, 0.1) is 0 Å². The van der Waals surface area contributed by atoms with Crippen molar-refractivity contribution in [2.75, 3.05) is 13.7 Å². The molecule has 3 nitrogen and oxygen atoms in total. The third-order valence-corrected chi connectivity index (χ3v) is 3.17. The zero-order valence-corrected chi connectivity index (χ0v) is 11.5. The van der Waals surface area contributed by atoms with Crippen LogP contribution in [0.5, 0.6) is 5.75 Å². The molecule has 100 valence electrons. The van der Waals surface area contributed by atoms with Gasteiger partial charge in [0.1, 0.15) is 5.75 Å². The lowest BCUT2D eigenvalue weighted by atomic mass is 10.1. The molecule has 0 aliphatic rings. The molecule has 1 heterocycles. The highest BCUT2D eigenvalue weighted by atomic mass is 16.5. The summed E-state index contributed by atoms with van der Waals surface area (Å²) < 4.78 is 5.35. The largest absolute Gasteiger partial charge is 0.496 e. The van der Waals surface area contributed by atoms with Crippen LogP contribution in [0.15, 0.2) is 48.7 Å². The molecular weight excluding hydrogens is 236 g/mol. The Morgan fingerprint density at radius 3 is 2.68 bits per heavy atom. The molecule has 0 aliphatic heterocycles. The number of rotatable bonds is 6. The number of aromatic nitrogens is 1. The van der Waals surface area contributed by atoms with Gasteiger partial charge in [-0.1, -0.05) is 24.3 Å². The lowest BCUT2D eigenvalue weighted by Crippen LogP contribution is -2.22. The molecule has 0 bridgehead atoms. The Balaban J connectivity index is 1.87. The Bertz CT molecular complexity index is 499. The van der Waals surface area contributed by atoms with Crippen molar-refractivity contribution in [1.29, 1.82) is 0 Å². The van der Waals surface area contributed by atoms with Crippen molar-refractivity contribution in [1.82, 2.24) is 10.3 Å². The topological polar surface area (TPSA) is 34.1 Å². The minimum atomic E-state index is 0.260. The second kappa shape index (κ2) is 6.90. The van der Waals surface area contributed by atoms with E-state index in [4.69, 9.17) is 4.74 Å². The van der Waals surface area contributed by atoms with Crippen LogP contribution >= 0.6 is 0 Å². The molecule has 0 spiro atoms. The van der Waals surface area contributed by atoms with Gasteiger partial charge in [-0.05, 0) is 43.7 Å². The number of benzene rings is 1. The summed E-state index contributed by atoms with van der Waals surface area (Å²) in [7, 11) is 1.71. The number of ether oxygens (including phenoxy) is 1. The van der Waals surface area contributed by atoms with Gasteiger partial charge in [-0.2, -0.15) is 0 Å². The second-order valence-corrected chi connectivity index (χ2v) is 4.49. The lowest BCUT2D eigenvalue weighted by molar-refractivity contribution is 0.408. The smallest absolute Gasteiger partial charge is 0.122 e. The van der Waals surface area contributed by atoms with Gasteiger partial charge in [0.25, 0.3) is 0 Å². The van der Waals surface area contributed by atoms with E-state index in [1.54, 1.807) is 7.11 Å². The molecule has 0 saturated carbocycles. The first kappa shape index (κ1) is 13.6. The normalized spacial score (nSPS) is 12.1. The molecule has 0 saturated heterocycles. The van der Waals surface area contributed by atoms with E-state index in [9.17, 15) is 0 Å². The molecule has 1 aromatic carbocycles. The number of para-hydroxylation sites is 1. The van der Waals surface area contributed by atoms with Gasteiger partial charge < -0.3 is 10.1 Å². The molecule has 3 heteroatoms.